The second-order valence-electron chi connectivity index (χ2n) is 5.94. The third kappa shape index (κ3) is 6.04. The van der Waals surface area contributed by atoms with E-state index in [4.69, 9.17) is 4.74 Å². The van der Waals surface area contributed by atoms with Gasteiger partial charge in [0.1, 0.15) is 0 Å². The molecule has 0 aliphatic rings. The van der Waals surface area contributed by atoms with E-state index < -0.39 is 0 Å². The molecule has 2 aromatic carbocycles. The number of amides is 1. The zero-order valence-electron chi connectivity index (χ0n) is 14.5. The van der Waals surface area contributed by atoms with Crippen LogP contribution in [-0.2, 0) is 16.0 Å². The first-order valence-corrected chi connectivity index (χ1v) is 8.55. The van der Waals surface area contributed by atoms with E-state index in [2.05, 4.69) is 11.1 Å². The van der Waals surface area contributed by atoms with Crippen molar-refractivity contribution in [1.82, 2.24) is 0 Å². The van der Waals surface area contributed by atoms with Crippen molar-refractivity contribution in [2.24, 2.45) is 0 Å². The van der Waals surface area contributed by atoms with E-state index in [1.54, 1.807) is 24.3 Å². The van der Waals surface area contributed by atoms with Gasteiger partial charge in [-0.05, 0) is 36.2 Å². The Kier molecular flexibility index (Phi) is 7.16. The standard InChI is InChI=1S/C20H24N2O3/c1-2-3-13-25-20(24)16-9-11-17(12-10-16)22-19(23)18(21)14-15-7-5-4-6-8-15/h4-12,18H,2-3,13-14,21H2,1H3,(H,22,23)/p+1/t18-/m0/s1. The van der Waals surface area contributed by atoms with E-state index in [9.17, 15) is 9.59 Å². The topological polar surface area (TPSA) is 83.0 Å². The maximum atomic E-state index is 12.2. The average molecular weight is 341 g/mol. The second-order valence-corrected chi connectivity index (χ2v) is 5.94. The summed E-state index contributed by atoms with van der Waals surface area (Å²) in [5, 5.41) is 2.83. The van der Waals surface area contributed by atoms with Gasteiger partial charge in [-0.3, -0.25) is 4.79 Å². The molecule has 0 spiro atoms. The summed E-state index contributed by atoms with van der Waals surface area (Å²) in [6, 6.07) is 16.1. The zero-order chi connectivity index (χ0) is 18.1. The Morgan fingerprint density at radius 1 is 1.08 bits per heavy atom. The van der Waals surface area contributed by atoms with Gasteiger partial charge in [0.05, 0.1) is 12.2 Å². The van der Waals surface area contributed by atoms with Crippen LogP contribution in [0.3, 0.4) is 0 Å². The fourth-order valence-corrected chi connectivity index (χ4v) is 2.32. The molecule has 1 atom stereocenters. The van der Waals surface area contributed by atoms with E-state index in [1.807, 2.05) is 37.3 Å². The number of unbranched alkanes of at least 4 members (excludes halogenated alkanes) is 1. The zero-order valence-corrected chi connectivity index (χ0v) is 14.5. The number of rotatable bonds is 8. The van der Waals surface area contributed by atoms with E-state index >= 15 is 0 Å². The van der Waals surface area contributed by atoms with Crippen LogP contribution in [0.15, 0.2) is 54.6 Å². The number of quaternary nitrogens is 1. The lowest BCUT2D eigenvalue weighted by Gasteiger charge is -2.10. The van der Waals surface area contributed by atoms with Crippen LogP contribution in [0.1, 0.15) is 35.7 Å². The molecule has 2 aromatic rings. The Morgan fingerprint density at radius 3 is 2.40 bits per heavy atom. The van der Waals surface area contributed by atoms with Gasteiger partial charge in [0, 0.05) is 12.1 Å². The molecule has 2 rings (SSSR count). The van der Waals surface area contributed by atoms with Crippen LogP contribution in [-0.4, -0.2) is 24.5 Å². The highest BCUT2D eigenvalue weighted by Crippen LogP contribution is 2.12. The van der Waals surface area contributed by atoms with Crippen LogP contribution in [0.2, 0.25) is 0 Å². The fourth-order valence-electron chi connectivity index (χ4n) is 2.32. The van der Waals surface area contributed by atoms with Crippen LogP contribution < -0.4 is 11.1 Å². The predicted molar refractivity (Wildman–Crippen MR) is 97.1 cm³/mol. The van der Waals surface area contributed by atoms with Gasteiger partial charge in [0.25, 0.3) is 5.91 Å². The van der Waals surface area contributed by atoms with Crippen molar-refractivity contribution in [2.45, 2.75) is 32.2 Å². The molecule has 0 saturated carbocycles. The van der Waals surface area contributed by atoms with Crippen LogP contribution >= 0.6 is 0 Å². The van der Waals surface area contributed by atoms with Gasteiger partial charge in [-0.25, -0.2) is 4.79 Å². The molecule has 132 valence electrons. The van der Waals surface area contributed by atoms with Gasteiger partial charge in [-0.15, -0.1) is 0 Å². The van der Waals surface area contributed by atoms with Crippen LogP contribution in [0.5, 0.6) is 0 Å². The third-order valence-electron chi connectivity index (χ3n) is 3.81. The number of hydrogen-bond donors (Lipinski definition) is 2. The van der Waals surface area contributed by atoms with Gasteiger partial charge in [-0.2, -0.15) is 0 Å². The van der Waals surface area contributed by atoms with Crippen molar-refractivity contribution in [1.29, 1.82) is 0 Å². The molecule has 0 aromatic heterocycles. The van der Waals surface area contributed by atoms with Crippen molar-refractivity contribution in [2.75, 3.05) is 11.9 Å². The van der Waals surface area contributed by atoms with Crippen molar-refractivity contribution in [3.05, 3.63) is 65.7 Å². The summed E-state index contributed by atoms with van der Waals surface area (Å²) in [7, 11) is 0. The van der Waals surface area contributed by atoms with Gasteiger partial charge in [0.2, 0.25) is 0 Å². The SMILES string of the molecule is CCCCOC(=O)c1ccc(NC(=O)[C@@H]([NH3+])Cc2ccccc2)cc1. The molecule has 0 saturated heterocycles. The van der Waals surface area contributed by atoms with Crippen LogP contribution in [0.25, 0.3) is 0 Å². The molecule has 1 amide bonds. The molecule has 25 heavy (non-hydrogen) atoms. The number of hydrogen-bond acceptors (Lipinski definition) is 3. The summed E-state index contributed by atoms with van der Waals surface area (Å²) in [6.07, 6.45) is 2.41. The highest BCUT2D eigenvalue weighted by molar-refractivity contribution is 5.95. The predicted octanol–water partition coefficient (Wildman–Crippen LogP) is 2.44. The first kappa shape index (κ1) is 18.7. The Balaban J connectivity index is 1.87. The number of carbonyl (C=O) groups excluding carboxylic acids is 2. The monoisotopic (exact) mass is 341 g/mol. The van der Waals surface area contributed by atoms with Crippen molar-refractivity contribution in [3.63, 3.8) is 0 Å². The van der Waals surface area contributed by atoms with E-state index in [-0.39, 0.29) is 17.9 Å². The minimum atomic E-state index is -0.388. The molecule has 0 aliphatic heterocycles. The largest absolute Gasteiger partial charge is 0.462 e. The summed E-state index contributed by atoms with van der Waals surface area (Å²) in [6.45, 7) is 2.47. The lowest BCUT2D eigenvalue weighted by atomic mass is 10.1. The number of nitrogens with one attached hydrogen (secondary N) is 1. The molecular weight excluding hydrogens is 316 g/mol. The van der Waals surface area contributed by atoms with Crippen LogP contribution in [0, 0.1) is 0 Å². The first-order chi connectivity index (χ1) is 12.1. The summed E-state index contributed by atoms with van der Waals surface area (Å²) in [5.41, 5.74) is 6.12. The quantitative estimate of drug-likeness (QED) is 0.571. The van der Waals surface area contributed by atoms with Crippen molar-refractivity contribution in [3.8, 4) is 0 Å². The third-order valence-corrected chi connectivity index (χ3v) is 3.81. The summed E-state index contributed by atoms with van der Waals surface area (Å²) < 4.78 is 5.16. The second kappa shape index (κ2) is 9.59. The molecule has 4 N–H and O–H groups in total. The lowest BCUT2D eigenvalue weighted by molar-refractivity contribution is -0.402. The van der Waals surface area contributed by atoms with Crippen molar-refractivity contribution >= 4 is 17.6 Å². The van der Waals surface area contributed by atoms with Crippen molar-refractivity contribution < 1.29 is 20.1 Å². The molecule has 5 nitrogen and oxygen atoms in total. The lowest BCUT2D eigenvalue weighted by Crippen LogP contribution is -2.67. The normalized spacial score (nSPS) is 11.6. The Morgan fingerprint density at radius 2 is 1.76 bits per heavy atom. The highest BCUT2D eigenvalue weighted by atomic mass is 16.5. The average Bonchev–Trinajstić information content (AvgIpc) is 2.63. The summed E-state index contributed by atoms with van der Waals surface area (Å²) in [5.74, 6) is -0.493. The molecule has 0 aliphatic carbocycles. The van der Waals surface area contributed by atoms with E-state index in [0.717, 1.165) is 18.4 Å². The van der Waals surface area contributed by atoms with Gasteiger partial charge in [0.15, 0.2) is 6.04 Å². The molecule has 0 unspecified atom stereocenters. The number of carbonyl (C=O) groups is 2. The Bertz CT molecular complexity index is 684. The van der Waals surface area contributed by atoms with E-state index in [0.29, 0.717) is 24.3 Å². The van der Waals surface area contributed by atoms with E-state index in [1.165, 1.54) is 0 Å². The van der Waals surface area contributed by atoms with Gasteiger partial charge >= 0.3 is 5.97 Å². The smallest absolute Gasteiger partial charge is 0.338 e. The molecular formula is C20H25N2O3+. The molecule has 0 heterocycles. The number of anilines is 1. The first-order valence-electron chi connectivity index (χ1n) is 8.55. The summed E-state index contributed by atoms with van der Waals surface area (Å²) >= 11 is 0. The highest BCUT2D eigenvalue weighted by Gasteiger charge is 2.18. The molecule has 0 bridgehead atoms. The Labute approximate surface area is 148 Å². The maximum absolute atomic E-state index is 12.2. The number of esters is 1. The maximum Gasteiger partial charge on any atom is 0.338 e. The number of benzene rings is 2. The minimum Gasteiger partial charge on any atom is -0.462 e. The van der Waals surface area contributed by atoms with Crippen LogP contribution in [0.4, 0.5) is 5.69 Å². The van der Waals surface area contributed by atoms with Gasteiger partial charge < -0.3 is 15.8 Å². The van der Waals surface area contributed by atoms with Gasteiger partial charge in [-0.1, -0.05) is 43.7 Å². The molecule has 0 fully saturated rings. The Hall–Kier alpha value is -2.66. The fraction of sp³-hybridized carbons (Fsp3) is 0.300. The summed E-state index contributed by atoms with van der Waals surface area (Å²) in [4.78, 5) is 24.1. The molecule has 5 heteroatoms. The molecule has 0 radical (unpaired) electrons. The number of ether oxygens (including phenoxy) is 1. The minimum absolute atomic E-state index is 0.151.